The SMILES string of the molecule is COCCCNC(=O)c1ccc(N(C)Cc2ccccc2)nn1. The molecule has 0 atom stereocenters. The molecule has 0 aliphatic rings. The van der Waals surface area contributed by atoms with Gasteiger partial charge in [0, 0.05) is 33.9 Å². The van der Waals surface area contributed by atoms with E-state index in [-0.39, 0.29) is 5.91 Å². The molecule has 0 radical (unpaired) electrons. The van der Waals surface area contributed by atoms with Gasteiger partial charge in [-0.05, 0) is 24.1 Å². The fourth-order valence-electron chi connectivity index (χ4n) is 2.10. The second-order valence-corrected chi connectivity index (χ2v) is 5.22. The van der Waals surface area contributed by atoms with Gasteiger partial charge in [0.1, 0.15) is 0 Å². The molecule has 122 valence electrons. The molecule has 0 bridgehead atoms. The number of carbonyl (C=O) groups excluding carboxylic acids is 1. The number of nitrogens with zero attached hydrogens (tertiary/aromatic N) is 3. The molecular weight excluding hydrogens is 292 g/mol. The van der Waals surface area contributed by atoms with E-state index in [0.29, 0.717) is 18.8 Å². The van der Waals surface area contributed by atoms with Crippen LogP contribution in [0.5, 0.6) is 0 Å². The van der Waals surface area contributed by atoms with Crippen molar-refractivity contribution in [2.75, 3.05) is 32.2 Å². The van der Waals surface area contributed by atoms with Gasteiger partial charge in [-0.1, -0.05) is 30.3 Å². The Morgan fingerprint density at radius 1 is 1.17 bits per heavy atom. The molecule has 0 aliphatic heterocycles. The molecule has 0 fully saturated rings. The van der Waals surface area contributed by atoms with E-state index >= 15 is 0 Å². The summed E-state index contributed by atoms with van der Waals surface area (Å²) in [4.78, 5) is 13.9. The van der Waals surface area contributed by atoms with Gasteiger partial charge in [0.2, 0.25) is 0 Å². The van der Waals surface area contributed by atoms with E-state index in [0.717, 1.165) is 18.8 Å². The molecule has 23 heavy (non-hydrogen) atoms. The Morgan fingerprint density at radius 2 is 1.96 bits per heavy atom. The number of anilines is 1. The first-order chi connectivity index (χ1) is 11.2. The average Bonchev–Trinajstić information content (AvgIpc) is 2.59. The van der Waals surface area contributed by atoms with E-state index < -0.39 is 0 Å². The molecule has 2 rings (SSSR count). The Balaban J connectivity index is 1.89. The van der Waals surface area contributed by atoms with Gasteiger partial charge >= 0.3 is 0 Å². The normalized spacial score (nSPS) is 10.3. The van der Waals surface area contributed by atoms with Gasteiger partial charge in [0.25, 0.3) is 5.91 Å². The molecule has 6 nitrogen and oxygen atoms in total. The Hall–Kier alpha value is -2.47. The average molecular weight is 314 g/mol. The summed E-state index contributed by atoms with van der Waals surface area (Å²) in [6.07, 6.45) is 0.771. The van der Waals surface area contributed by atoms with Crippen molar-refractivity contribution in [3.8, 4) is 0 Å². The molecule has 0 unspecified atom stereocenters. The molecule has 1 amide bonds. The van der Waals surface area contributed by atoms with Crippen LogP contribution < -0.4 is 10.2 Å². The largest absolute Gasteiger partial charge is 0.385 e. The summed E-state index contributed by atoms with van der Waals surface area (Å²) in [5, 5.41) is 10.9. The van der Waals surface area contributed by atoms with Crippen LogP contribution in [0.2, 0.25) is 0 Å². The summed E-state index contributed by atoms with van der Waals surface area (Å²) >= 11 is 0. The van der Waals surface area contributed by atoms with Crippen molar-refractivity contribution >= 4 is 11.7 Å². The standard InChI is InChI=1S/C17H22N4O2/c1-21(13-14-7-4-3-5-8-14)16-10-9-15(19-20-16)17(22)18-11-6-12-23-2/h3-5,7-10H,6,11-13H2,1-2H3,(H,18,22). The minimum atomic E-state index is -0.217. The Morgan fingerprint density at radius 3 is 2.61 bits per heavy atom. The first-order valence-electron chi connectivity index (χ1n) is 7.56. The lowest BCUT2D eigenvalue weighted by molar-refractivity contribution is 0.0942. The van der Waals surface area contributed by atoms with Crippen molar-refractivity contribution in [2.45, 2.75) is 13.0 Å². The van der Waals surface area contributed by atoms with E-state index in [2.05, 4.69) is 27.6 Å². The maximum atomic E-state index is 11.9. The number of benzene rings is 1. The summed E-state index contributed by atoms with van der Waals surface area (Å²) in [6.45, 7) is 1.91. The van der Waals surface area contributed by atoms with Crippen LogP contribution in [-0.2, 0) is 11.3 Å². The number of ether oxygens (including phenoxy) is 1. The summed E-state index contributed by atoms with van der Waals surface area (Å²) in [5.74, 6) is 0.510. The number of methoxy groups -OCH3 is 1. The quantitative estimate of drug-likeness (QED) is 0.754. The number of rotatable bonds is 8. The zero-order chi connectivity index (χ0) is 16.5. The maximum Gasteiger partial charge on any atom is 0.271 e. The lowest BCUT2D eigenvalue weighted by Gasteiger charge is -2.17. The van der Waals surface area contributed by atoms with Crippen LogP contribution in [-0.4, -0.2) is 43.4 Å². The minimum absolute atomic E-state index is 0.217. The van der Waals surface area contributed by atoms with Crippen molar-refractivity contribution in [3.05, 3.63) is 53.7 Å². The van der Waals surface area contributed by atoms with Crippen LogP contribution in [0, 0.1) is 0 Å². The molecule has 6 heteroatoms. The Kier molecular flexibility index (Phi) is 6.50. The van der Waals surface area contributed by atoms with E-state index in [4.69, 9.17) is 4.74 Å². The summed E-state index contributed by atoms with van der Waals surface area (Å²) in [6, 6.07) is 13.6. The predicted octanol–water partition coefficient (Wildman–Crippen LogP) is 1.88. The molecule has 2 aromatic rings. The van der Waals surface area contributed by atoms with Gasteiger partial charge in [0.05, 0.1) is 0 Å². The van der Waals surface area contributed by atoms with Crippen molar-refractivity contribution in [3.63, 3.8) is 0 Å². The van der Waals surface area contributed by atoms with Gasteiger partial charge in [-0.2, -0.15) is 0 Å². The van der Waals surface area contributed by atoms with Gasteiger partial charge in [-0.15, -0.1) is 10.2 Å². The summed E-state index contributed by atoms with van der Waals surface area (Å²) in [5.41, 5.74) is 1.51. The molecule has 0 spiro atoms. The van der Waals surface area contributed by atoms with Crippen LogP contribution >= 0.6 is 0 Å². The third kappa shape index (κ3) is 5.34. The van der Waals surface area contributed by atoms with Gasteiger partial charge in [0.15, 0.2) is 11.5 Å². The smallest absolute Gasteiger partial charge is 0.271 e. The molecule has 1 N–H and O–H groups in total. The first-order valence-corrected chi connectivity index (χ1v) is 7.56. The van der Waals surface area contributed by atoms with E-state index in [1.165, 1.54) is 5.56 Å². The van der Waals surface area contributed by atoms with E-state index in [1.807, 2.05) is 30.1 Å². The molecule has 0 aliphatic carbocycles. The highest BCUT2D eigenvalue weighted by atomic mass is 16.5. The second kappa shape index (κ2) is 8.85. The lowest BCUT2D eigenvalue weighted by atomic mass is 10.2. The van der Waals surface area contributed by atoms with Crippen LogP contribution in [0.3, 0.4) is 0 Å². The fraction of sp³-hybridized carbons (Fsp3) is 0.353. The highest BCUT2D eigenvalue weighted by Gasteiger charge is 2.09. The Labute approximate surface area is 136 Å². The molecule has 1 aromatic heterocycles. The van der Waals surface area contributed by atoms with Crippen LogP contribution in [0.15, 0.2) is 42.5 Å². The van der Waals surface area contributed by atoms with Crippen LogP contribution in [0.25, 0.3) is 0 Å². The van der Waals surface area contributed by atoms with Gasteiger partial charge in [-0.25, -0.2) is 0 Å². The molecule has 0 saturated carbocycles. The third-order valence-electron chi connectivity index (χ3n) is 3.35. The monoisotopic (exact) mass is 314 g/mol. The van der Waals surface area contributed by atoms with E-state index in [9.17, 15) is 4.79 Å². The fourth-order valence-corrected chi connectivity index (χ4v) is 2.10. The van der Waals surface area contributed by atoms with E-state index in [1.54, 1.807) is 19.2 Å². The zero-order valence-corrected chi connectivity index (χ0v) is 13.5. The maximum absolute atomic E-state index is 11.9. The van der Waals surface area contributed by atoms with Crippen LogP contribution in [0.1, 0.15) is 22.5 Å². The molecule has 1 aromatic carbocycles. The number of aromatic nitrogens is 2. The first kappa shape index (κ1) is 16.9. The number of carbonyl (C=O) groups is 1. The van der Waals surface area contributed by atoms with Crippen molar-refractivity contribution in [2.24, 2.45) is 0 Å². The zero-order valence-electron chi connectivity index (χ0n) is 13.5. The minimum Gasteiger partial charge on any atom is -0.385 e. The number of nitrogens with one attached hydrogen (secondary N) is 1. The third-order valence-corrected chi connectivity index (χ3v) is 3.35. The molecule has 0 saturated heterocycles. The highest BCUT2D eigenvalue weighted by molar-refractivity contribution is 5.92. The van der Waals surface area contributed by atoms with Crippen molar-refractivity contribution in [1.82, 2.24) is 15.5 Å². The highest BCUT2D eigenvalue weighted by Crippen LogP contribution is 2.11. The van der Waals surface area contributed by atoms with Gasteiger partial charge < -0.3 is 15.0 Å². The topological polar surface area (TPSA) is 67.3 Å². The number of amides is 1. The van der Waals surface area contributed by atoms with Gasteiger partial charge in [-0.3, -0.25) is 4.79 Å². The van der Waals surface area contributed by atoms with Crippen molar-refractivity contribution in [1.29, 1.82) is 0 Å². The summed E-state index contributed by atoms with van der Waals surface area (Å²) < 4.78 is 4.94. The number of hydrogen-bond acceptors (Lipinski definition) is 5. The molecule has 1 heterocycles. The lowest BCUT2D eigenvalue weighted by Crippen LogP contribution is -2.26. The van der Waals surface area contributed by atoms with Crippen LogP contribution in [0.4, 0.5) is 5.82 Å². The Bertz CT molecular complexity index is 602. The van der Waals surface area contributed by atoms with Crippen molar-refractivity contribution < 1.29 is 9.53 Å². The molecular formula is C17H22N4O2. The summed E-state index contributed by atoms with van der Waals surface area (Å²) in [7, 11) is 3.58. The number of hydrogen-bond donors (Lipinski definition) is 1. The predicted molar refractivity (Wildman–Crippen MR) is 89.4 cm³/mol. The second-order valence-electron chi connectivity index (χ2n) is 5.22.